The number of benzene rings is 4. The Morgan fingerprint density at radius 1 is 0.638 bits per heavy atom. The van der Waals surface area contributed by atoms with E-state index in [1.165, 1.54) is 43.9 Å². The highest BCUT2D eigenvalue weighted by atomic mass is 19.3. The van der Waals surface area contributed by atoms with Crippen LogP contribution in [0.4, 0.5) is 30.7 Å². The van der Waals surface area contributed by atoms with Gasteiger partial charge in [0.05, 0.1) is 5.56 Å². The highest BCUT2D eigenvalue weighted by Crippen LogP contribution is 2.41. The van der Waals surface area contributed by atoms with Gasteiger partial charge in [0.15, 0.2) is 0 Å². The van der Waals surface area contributed by atoms with Gasteiger partial charge in [-0.15, -0.1) is 0 Å². The third kappa shape index (κ3) is 8.02. The van der Waals surface area contributed by atoms with Gasteiger partial charge >= 0.3 is 6.11 Å². The molecule has 1 saturated carbocycles. The second-order valence-electron chi connectivity index (χ2n) is 12.6. The number of ether oxygens (including phenoxy) is 1. The molecule has 0 aliphatic heterocycles. The van der Waals surface area contributed by atoms with Crippen LogP contribution in [0.1, 0.15) is 94.2 Å². The van der Waals surface area contributed by atoms with E-state index in [0.717, 1.165) is 74.2 Å². The third-order valence-corrected chi connectivity index (χ3v) is 9.26. The van der Waals surface area contributed by atoms with Crippen LogP contribution in [0.2, 0.25) is 0 Å². The molecule has 1 aliphatic rings. The van der Waals surface area contributed by atoms with Crippen molar-refractivity contribution in [1.82, 2.24) is 0 Å². The van der Waals surface area contributed by atoms with Gasteiger partial charge in [0, 0.05) is 22.8 Å². The van der Waals surface area contributed by atoms with Crippen LogP contribution in [0.25, 0.3) is 22.3 Å². The molecule has 0 unspecified atom stereocenters. The van der Waals surface area contributed by atoms with Crippen LogP contribution < -0.4 is 4.74 Å². The molecule has 0 radical (unpaired) electrons. The SMILES string of the molecule is CCCCCC1CCC(c2ccc(C(F)(F)Oc3ccc(-c4ccc(-c5cc(F)c(CCC)c(F)c5)c(F)c4)c(F)c3)c(F)c2)CC1. The van der Waals surface area contributed by atoms with Crippen LogP contribution in [0.5, 0.6) is 5.75 Å². The maximum absolute atomic E-state index is 15.1. The molecule has 0 atom stereocenters. The molecular formula is C39H39F7O. The van der Waals surface area contributed by atoms with E-state index < -0.39 is 46.5 Å². The summed E-state index contributed by atoms with van der Waals surface area (Å²) in [5.41, 5.74) is -0.481. The van der Waals surface area contributed by atoms with E-state index in [1.54, 1.807) is 6.92 Å². The van der Waals surface area contributed by atoms with Gasteiger partial charge in [0.1, 0.15) is 34.8 Å². The molecule has 4 aromatic rings. The zero-order valence-electron chi connectivity index (χ0n) is 26.6. The van der Waals surface area contributed by atoms with Crippen LogP contribution in [0, 0.1) is 35.0 Å². The van der Waals surface area contributed by atoms with Crippen molar-refractivity contribution < 1.29 is 35.5 Å². The standard InChI is InChI=1S/C39H39F7O/c1-3-5-6-8-24-9-11-25(12-10-24)26-14-18-33(38(44)19-26)39(45,46)47-29-15-17-30(37(43)23-29)27-13-16-31(34(40)20-27)28-21-35(41)32(7-4-2)36(42)22-28/h13-25H,3-12H2,1-2H3. The Balaban J connectivity index is 1.27. The summed E-state index contributed by atoms with van der Waals surface area (Å²) in [4.78, 5) is 0. The summed E-state index contributed by atoms with van der Waals surface area (Å²) in [6, 6.07) is 12.4. The molecule has 0 amide bonds. The van der Waals surface area contributed by atoms with Gasteiger partial charge in [-0.2, -0.15) is 8.78 Å². The average Bonchev–Trinajstić information content (AvgIpc) is 3.03. The monoisotopic (exact) mass is 656 g/mol. The Morgan fingerprint density at radius 2 is 1.28 bits per heavy atom. The molecule has 0 bridgehead atoms. The lowest BCUT2D eigenvalue weighted by molar-refractivity contribution is -0.187. The Hall–Kier alpha value is -3.81. The molecule has 1 fully saturated rings. The lowest BCUT2D eigenvalue weighted by Crippen LogP contribution is -2.24. The molecular weight excluding hydrogens is 617 g/mol. The molecule has 0 heterocycles. The van der Waals surface area contributed by atoms with Gasteiger partial charge < -0.3 is 4.74 Å². The summed E-state index contributed by atoms with van der Waals surface area (Å²) in [6.45, 7) is 3.96. The number of hydrogen-bond acceptors (Lipinski definition) is 1. The Labute approximate surface area is 271 Å². The fourth-order valence-electron chi connectivity index (χ4n) is 6.65. The van der Waals surface area contributed by atoms with Crippen molar-refractivity contribution in [2.75, 3.05) is 0 Å². The van der Waals surface area contributed by atoms with E-state index in [9.17, 15) is 8.78 Å². The lowest BCUT2D eigenvalue weighted by atomic mass is 9.77. The van der Waals surface area contributed by atoms with Gasteiger partial charge in [0.2, 0.25) is 0 Å². The Morgan fingerprint density at radius 3 is 1.89 bits per heavy atom. The van der Waals surface area contributed by atoms with Gasteiger partial charge in [-0.25, -0.2) is 22.0 Å². The van der Waals surface area contributed by atoms with Gasteiger partial charge in [0.25, 0.3) is 0 Å². The van der Waals surface area contributed by atoms with Gasteiger partial charge in [-0.1, -0.05) is 64.2 Å². The first-order chi connectivity index (χ1) is 22.5. The number of halogens is 7. The highest BCUT2D eigenvalue weighted by molar-refractivity contribution is 5.72. The molecule has 8 heteroatoms. The molecule has 0 saturated heterocycles. The van der Waals surface area contributed by atoms with Gasteiger partial charge in [-0.05, 0) is 103 Å². The summed E-state index contributed by atoms with van der Waals surface area (Å²) < 4.78 is 109. The van der Waals surface area contributed by atoms with Crippen molar-refractivity contribution in [3.63, 3.8) is 0 Å². The number of unbranched alkanes of at least 4 members (excludes halogenated alkanes) is 2. The van der Waals surface area contributed by atoms with E-state index in [2.05, 4.69) is 6.92 Å². The van der Waals surface area contributed by atoms with Crippen molar-refractivity contribution in [3.05, 3.63) is 113 Å². The topological polar surface area (TPSA) is 9.23 Å². The number of alkyl halides is 2. The molecule has 0 N–H and O–H groups in total. The van der Waals surface area contributed by atoms with Crippen LogP contribution in [0.15, 0.2) is 66.7 Å². The quantitative estimate of drug-likeness (QED) is 0.109. The average molecular weight is 657 g/mol. The van der Waals surface area contributed by atoms with E-state index in [4.69, 9.17) is 4.74 Å². The van der Waals surface area contributed by atoms with Crippen LogP contribution in [-0.4, -0.2) is 0 Å². The Kier molecular flexibility index (Phi) is 11.0. The summed E-state index contributed by atoms with van der Waals surface area (Å²) >= 11 is 0. The minimum absolute atomic E-state index is 0.0131. The molecule has 5 rings (SSSR count). The normalized spacial score (nSPS) is 16.8. The predicted octanol–water partition coefficient (Wildman–Crippen LogP) is 12.7. The fourth-order valence-corrected chi connectivity index (χ4v) is 6.65. The molecule has 1 nitrogen and oxygen atoms in total. The maximum atomic E-state index is 15.1. The first-order valence-electron chi connectivity index (χ1n) is 16.4. The summed E-state index contributed by atoms with van der Waals surface area (Å²) in [5, 5.41) is 0. The predicted molar refractivity (Wildman–Crippen MR) is 171 cm³/mol. The molecule has 0 spiro atoms. The summed E-state index contributed by atoms with van der Waals surface area (Å²) in [7, 11) is 0. The number of rotatable bonds is 12. The van der Waals surface area contributed by atoms with E-state index >= 15 is 22.0 Å². The number of hydrogen-bond donors (Lipinski definition) is 0. The van der Waals surface area contributed by atoms with Gasteiger partial charge in [-0.3, -0.25) is 0 Å². The van der Waals surface area contributed by atoms with Crippen molar-refractivity contribution in [2.45, 2.75) is 90.1 Å². The molecule has 1 aliphatic carbocycles. The zero-order chi connectivity index (χ0) is 33.7. The van der Waals surface area contributed by atoms with E-state index in [0.29, 0.717) is 17.9 Å². The first kappa shape index (κ1) is 34.5. The zero-order valence-corrected chi connectivity index (χ0v) is 26.6. The van der Waals surface area contributed by atoms with Crippen molar-refractivity contribution in [1.29, 1.82) is 0 Å². The Bertz CT molecular complexity index is 1670. The fraction of sp³-hybridized carbons (Fsp3) is 0.385. The second kappa shape index (κ2) is 15.0. The van der Waals surface area contributed by atoms with Crippen molar-refractivity contribution >= 4 is 0 Å². The molecule has 47 heavy (non-hydrogen) atoms. The van der Waals surface area contributed by atoms with Crippen LogP contribution >= 0.6 is 0 Å². The lowest BCUT2D eigenvalue weighted by Gasteiger charge is -2.29. The van der Waals surface area contributed by atoms with Crippen molar-refractivity contribution in [2.24, 2.45) is 5.92 Å². The largest absolute Gasteiger partial charge is 0.429 e. The first-order valence-corrected chi connectivity index (χ1v) is 16.4. The van der Waals surface area contributed by atoms with Crippen molar-refractivity contribution in [3.8, 4) is 28.0 Å². The second-order valence-corrected chi connectivity index (χ2v) is 12.6. The molecule has 0 aromatic heterocycles. The molecule has 4 aromatic carbocycles. The van der Waals surface area contributed by atoms with Crippen LogP contribution in [-0.2, 0) is 12.5 Å². The minimum atomic E-state index is -4.08. The third-order valence-electron chi connectivity index (χ3n) is 9.26. The highest BCUT2D eigenvalue weighted by Gasteiger charge is 2.38. The van der Waals surface area contributed by atoms with E-state index in [-0.39, 0.29) is 40.2 Å². The molecule has 250 valence electrons. The smallest absolute Gasteiger partial charge is 0.429 e. The van der Waals surface area contributed by atoms with E-state index in [1.807, 2.05) is 0 Å². The van der Waals surface area contributed by atoms with Crippen LogP contribution in [0.3, 0.4) is 0 Å². The summed E-state index contributed by atoms with van der Waals surface area (Å²) in [5.74, 6) is -4.26. The summed E-state index contributed by atoms with van der Waals surface area (Å²) in [6.07, 6.45) is 5.33. The maximum Gasteiger partial charge on any atom is 0.429 e. The minimum Gasteiger partial charge on any atom is -0.429 e.